The molecule has 0 aliphatic carbocycles. The maximum atomic E-state index is 12.9. The molecule has 0 saturated carbocycles. The quantitative estimate of drug-likeness (QED) is 0.273. The Morgan fingerprint density at radius 3 is 2.32 bits per heavy atom. The molecule has 222 valence electrons. The van der Waals surface area contributed by atoms with Gasteiger partial charge < -0.3 is 29.9 Å². The minimum Gasteiger partial charge on any atom is -0.480 e. The number of hydrogen-bond acceptors (Lipinski definition) is 8. The van der Waals surface area contributed by atoms with Crippen LogP contribution in [0.2, 0.25) is 0 Å². The topological polar surface area (TPSA) is 195 Å². The highest BCUT2D eigenvalue weighted by Crippen LogP contribution is 2.25. The molecule has 0 bridgehead atoms. The Balaban J connectivity index is 1.31. The lowest BCUT2D eigenvalue weighted by atomic mass is 10.1. The normalized spacial score (nSPS) is 22.6. The van der Waals surface area contributed by atoms with Crippen LogP contribution in [0.1, 0.15) is 42.6 Å². The van der Waals surface area contributed by atoms with E-state index in [1.807, 2.05) is 0 Å². The van der Waals surface area contributed by atoms with Crippen LogP contribution in [-0.4, -0.2) is 99.9 Å². The van der Waals surface area contributed by atoms with E-state index < -0.39 is 63.9 Å². The Bertz CT molecular complexity index is 1420. The Labute approximate surface area is 240 Å². The van der Waals surface area contributed by atoms with E-state index in [4.69, 9.17) is 0 Å². The standard InChI is InChI=1S/C25H31N5O9S2/c1-28-10-3-5-17(28)23(33)26-16-9-11-29(22(16)25(36)37)19(31)6-2-7-20(32)30-14-15(13-18(30)24(34)35)27-41(38,39)21-8-4-12-40-21/h3-5,8,10,12,15-16,18,22,27H,2,6-7,9,11,13-14H2,1H3,(H,26,33)(H,34,35)(H,36,37)/t15-,16-,18-,22-/m0/s1. The van der Waals surface area contributed by atoms with Gasteiger partial charge in [0.15, 0.2) is 0 Å². The van der Waals surface area contributed by atoms with Gasteiger partial charge in [0.1, 0.15) is 22.0 Å². The highest BCUT2D eigenvalue weighted by atomic mass is 32.2. The summed E-state index contributed by atoms with van der Waals surface area (Å²) in [4.78, 5) is 64.5. The van der Waals surface area contributed by atoms with Crippen molar-refractivity contribution in [3.8, 4) is 0 Å². The van der Waals surface area contributed by atoms with E-state index in [2.05, 4.69) is 10.0 Å². The molecule has 4 N–H and O–H groups in total. The highest BCUT2D eigenvalue weighted by Gasteiger charge is 2.43. The molecule has 0 radical (unpaired) electrons. The van der Waals surface area contributed by atoms with Gasteiger partial charge in [0.2, 0.25) is 21.8 Å². The van der Waals surface area contributed by atoms with Crippen LogP contribution < -0.4 is 10.0 Å². The number of nitrogens with zero attached hydrogens (tertiary/aromatic N) is 3. The molecule has 16 heteroatoms. The molecule has 2 aromatic rings. The Kier molecular flexibility index (Phi) is 9.14. The summed E-state index contributed by atoms with van der Waals surface area (Å²) in [6.07, 6.45) is 1.52. The summed E-state index contributed by atoms with van der Waals surface area (Å²) < 4.78 is 29.2. The van der Waals surface area contributed by atoms with Crippen LogP contribution in [0.3, 0.4) is 0 Å². The zero-order valence-electron chi connectivity index (χ0n) is 22.1. The minimum absolute atomic E-state index is 0.0370. The number of carbonyl (C=O) groups is 5. The number of likely N-dealkylation sites (tertiary alicyclic amines) is 2. The summed E-state index contributed by atoms with van der Waals surface area (Å²) in [5.74, 6) is -4.03. The van der Waals surface area contributed by atoms with Crippen molar-refractivity contribution in [3.05, 3.63) is 41.5 Å². The predicted octanol–water partition coefficient (Wildman–Crippen LogP) is 0.0734. The molecule has 4 heterocycles. The molecule has 4 atom stereocenters. The van der Waals surface area contributed by atoms with Gasteiger partial charge >= 0.3 is 11.9 Å². The summed E-state index contributed by atoms with van der Waals surface area (Å²) in [6.45, 7) is -0.0226. The van der Waals surface area contributed by atoms with Crippen LogP contribution >= 0.6 is 11.3 Å². The van der Waals surface area contributed by atoms with Gasteiger partial charge in [0.25, 0.3) is 5.91 Å². The van der Waals surface area contributed by atoms with Gasteiger partial charge in [-0.05, 0) is 42.8 Å². The lowest BCUT2D eigenvalue weighted by Gasteiger charge is -2.25. The first-order valence-corrected chi connectivity index (χ1v) is 15.3. The molecular weight excluding hydrogens is 578 g/mol. The number of thiophene rings is 1. The van der Waals surface area contributed by atoms with Crippen molar-refractivity contribution in [1.29, 1.82) is 0 Å². The second-order valence-corrected chi connectivity index (χ2v) is 12.9. The van der Waals surface area contributed by atoms with Gasteiger partial charge in [-0.25, -0.2) is 22.7 Å². The average molecular weight is 610 g/mol. The number of sulfonamides is 1. The van der Waals surface area contributed by atoms with Gasteiger partial charge in [-0.2, -0.15) is 0 Å². The number of hydrogen-bond donors (Lipinski definition) is 4. The Morgan fingerprint density at radius 2 is 1.73 bits per heavy atom. The number of carboxylic acids is 2. The van der Waals surface area contributed by atoms with Crippen molar-refractivity contribution >= 4 is 51.0 Å². The van der Waals surface area contributed by atoms with Gasteiger partial charge in [0, 0.05) is 45.2 Å². The third-order valence-corrected chi connectivity index (χ3v) is 10.2. The Hall–Kier alpha value is -3.76. The van der Waals surface area contributed by atoms with Gasteiger partial charge in [-0.15, -0.1) is 11.3 Å². The summed E-state index contributed by atoms with van der Waals surface area (Å²) in [6, 6.07) is 2.19. The maximum absolute atomic E-state index is 12.9. The van der Waals surface area contributed by atoms with Crippen LogP contribution in [-0.2, 0) is 36.2 Å². The smallest absolute Gasteiger partial charge is 0.328 e. The average Bonchev–Trinajstić information content (AvgIpc) is 3.69. The van der Waals surface area contributed by atoms with Crippen molar-refractivity contribution in [1.82, 2.24) is 24.4 Å². The van der Waals surface area contributed by atoms with E-state index in [0.717, 1.165) is 16.2 Å². The van der Waals surface area contributed by atoms with Gasteiger partial charge in [-0.1, -0.05) is 6.07 Å². The molecule has 2 aliphatic rings. The molecule has 41 heavy (non-hydrogen) atoms. The first-order valence-electron chi connectivity index (χ1n) is 12.9. The number of carboxylic acid groups (broad SMARTS) is 2. The van der Waals surface area contributed by atoms with Gasteiger partial charge in [0.05, 0.1) is 6.04 Å². The third-order valence-electron chi connectivity index (χ3n) is 7.23. The van der Waals surface area contributed by atoms with E-state index in [1.165, 1.54) is 11.0 Å². The van der Waals surface area contributed by atoms with Crippen LogP contribution in [0.25, 0.3) is 0 Å². The van der Waals surface area contributed by atoms with Crippen LogP contribution in [0, 0.1) is 0 Å². The molecule has 3 amide bonds. The molecule has 0 unspecified atom stereocenters. The van der Waals surface area contributed by atoms with Crippen LogP contribution in [0.4, 0.5) is 0 Å². The second-order valence-electron chi connectivity index (χ2n) is 9.98. The van der Waals surface area contributed by atoms with Gasteiger partial charge in [-0.3, -0.25) is 14.4 Å². The zero-order chi connectivity index (χ0) is 29.9. The molecule has 2 saturated heterocycles. The fraction of sp³-hybridized carbons (Fsp3) is 0.480. The van der Waals surface area contributed by atoms with E-state index in [1.54, 1.807) is 41.4 Å². The number of aryl methyl sites for hydroxylation is 1. The predicted molar refractivity (Wildman–Crippen MR) is 144 cm³/mol. The van der Waals surface area contributed by atoms with Crippen molar-refractivity contribution in [3.63, 3.8) is 0 Å². The number of carbonyl (C=O) groups excluding carboxylic acids is 3. The van der Waals surface area contributed by atoms with E-state index in [9.17, 15) is 42.6 Å². The number of aromatic nitrogens is 1. The Morgan fingerprint density at radius 1 is 1.02 bits per heavy atom. The molecule has 0 spiro atoms. The second kappa shape index (κ2) is 12.4. The first-order chi connectivity index (χ1) is 19.4. The summed E-state index contributed by atoms with van der Waals surface area (Å²) in [5.41, 5.74) is 0.348. The summed E-state index contributed by atoms with van der Waals surface area (Å²) in [5, 5.41) is 23.7. The molecule has 2 aliphatic heterocycles. The number of aliphatic carboxylic acids is 2. The molecule has 2 fully saturated rings. The number of rotatable bonds is 11. The highest BCUT2D eigenvalue weighted by molar-refractivity contribution is 7.91. The van der Waals surface area contributed by atoms with E-state index >= 15 is 0 Å². The first kappa shape index (κ1) is 30.2. The third kappa shape index (κ3) is 6.77. The van der Waals surface area contributed by atoms with Crippen molar-refractivity contribution < 1.29 is 42.6 Å². The van der Waals surface area contributed by atoms with Crippen molar-refractivity contribution in [2.75, 3.05) is 13.1 Å². The summed E-state index contributed by atoms with van der Waals surface area (Å²) in [7, 11) is -2.18. The molecule has 0 aromatic carbocycles. The largest absolute Gasteiger partial charge is 0.480 e. The van der Waals surface area contributed by atoms with Crippen LogP contribution in [0.15, 0.2) is 40.1 Å². The lowest BCUT2D eigenvalue weighted by Crippen LogP contribution is -2.51. The molecule has 14 nitrogen and oxygen atoms in total. The monoisotopic (exact) mass is 609 g/mol. The maximum Gasteiger partial charge on any atom is 0.328 e. The molecule has 2 aromatic heterocycles. The zero-order valence-corrected chi connectivity index (χ0v) is 23.8. The van der Waals surface area contributed by atoms with Crippen molar-refractivity contribution in [2.45, 2.75) is 60.5 Å². The van der Waals surface area contributed by atoms with Crippen LogP contribution in [0.5, 0.6) is 0 Å². The van der Waals surface area contributed by atoms with E-state index in [-0.39, 0.29) is 49.4 Å². The van der Waals surface area contributed by atoms with Crippen molar-refractivity contribution in [2.24, 2.45) is 7.05 Å². The minimum atomic E-state index is -3.86. The molecule has 4 rings (SSSR count). The molecular formula is C25H31N5O9S2. The summed E-state index contributed by atoms with van der Waals surface area (Å²) >= 11 is 1.01. The number of nitrogens with one attached hydrogen (secondary N) is 2. The SMILES string of the molecule is Cn1cccc1C(=O)N[C@H]1CCN(C(=O)CCCC(=O)N2C[C@@H](NS(=O)(=O)c3cccs3)C[C@H]2C(=O)O)[C@@H]1C(=O)O. The fourth-order valence-electron chi connectivity index (χ4n) is 5.27. The lowest BCUT2D eigenvalue weighted by molar-refractivity contribution is -0.149. The number of amides is 3. The fourth-order valence-corrected chi connectivity index (χ4v) is 7.52. The van der Waals surface area contributed by atoms with E-state index in [0.29, 0.717) is 5.69 Å².